The Balaban J connectivity index is 1.70. The number of hydrogen-bond acceptors (Lipinski definition) is 5. The lowest BCUT2D eigenvalue weighted by atomic mass is 9.94. The summed E-state index contributed by atoms with van der Waals surface area (Å²) in [7, 11) is 1.65. The van der Waals surface area contributed by atoms with Crippen LogP contribution in [0.2, 0.25) is 0 Å². The van der Waals surface area contributed by atoms with Crippen LogP contribution in [0.15, 0.2) is 51.0 Å². The number of ether oxygens (including phenoxy) is 2. The molecular formula is C26H27BrN2O4S. The van der Waals surface area contributed by atoms with Gasteiger partial charge in [0.2, 0.25) is 0 Å². The molecule has 0 bridgehead atoms. The van der Waals surface area contributed by atoms with E-state index in [1.807, 2.05) is 50.4 Å². The largest absolute Gasteiger partial charge is 0.496 e. The van der Waals surface area contributed by atoms with Crippen molar-refractivity contribution in [1.82, 2.24) is 10.3 Å². The second kappa shape index (κ2) is 9.43. The summed E-state index contributed by atoms with van der Waals surface area (Å²) in [5.74, 6) is 0.816. The fraction of sp³-hybridized carbons (Fsp3) is 0.308. The van der Waals surface area contributed by atoms with Gasteiger partial charge < -0.3 is 19.8 Å². The normalized spacial score (nSPS) is 12.6. The first-order valence-corrected chi connectivity index (χ1v) is 12.6. The molecule has 0 saturated heterocycles. The third kappa shape index (κ3) is 4.83. The zero-order valence-electron chi connectivity index (χ0n) is 19.7. The summed E-state index contributed by atoms with van der Waals surface area (Å²) in [6, 6.07) is 12.1. The molecule has 2 aromatic heterocycles. The number of nitrogens with one attached hydrogen (secondary N) is 2. The van der Waals surface area contributed by atoms with Gasteiger partial charge in [0.15, 0.2) is 0 Å². The Morgan fingerprint density at radius 3 is 2.56 bits per heavy atom. The van der Waals surface area contributed by atoms with Crippen LogP contribution in [0.4, 0.5) is 4.79 Å². The zero-order valence-corrected chi connectivity index (χ0v) is 22.1. The topological polar surface area (TPSA) is 80.4 Å². The standard InChI is InChI=1S/C26H27BrN2O4S/c1-14(13-28-25(31)33-26(2,3)4)15-6-8-16(9-7-15)20-19(32-5)12-18(27)22-21(20)17-10-11-34-23(17)24(30)29-22/h6-12,14H,13H2,1-5H3,(H,28,31)(H,29,30)/t14-/m0/s1. The number of alkyl carbamates (subject to hydrolysis) is 1. The van der Waals surface area contributed by atoms with E-state index in [9.17, 15) is 9.59 Å². The number of pyridine rings is 1. The number of carbonyl (C=O) groups excluding carboxylic acids is 1. The molecule has 178 valence electrons. The van der Waals surface area contributed by atoms with Crippen LogP contribution in [0.5, 0.6) is 5.75 Å². The predicted octanol–water partition coefficient (Wildman–Crippen LogP) is 6.81. The van der Waals surface area contributed by atoms with Gasteiger partial charge in [-0.05, 0) is 71.3 Å². The molecule has 1 amide bonds. The highest BCUT2D eigenvalue weighted by Gasteiger charge is 2.20. The Bertz CT molecular complexity index is 1420. The third-order valence-corrected chi connectivity index (χ3v) is 7.10. The van der Waals surface area contributed by atoms with Crippen LogP contribution in [0.1, 0.15) is 39.2 Å². The number of aromatic nitrogens is 1. The van der Waals surface area contributed by atoms with E-state index in [0.717, 1.165) is 37.5 Å². The lowest BCUT2D eigenvalue weighted by molar-refractivity contribution is 0.0525. The van der Waals surface area contributed by atoms with Gasteiger partial charge in [0.25, 0.3) is 5.56 Å². The van der Waals surface area contributed by atoms with Crippen LogP contribution in [0.25, 0.3) is 32.1 Å². The van der Waals surface area contributed by atoms with Crippen molar-refractivity contribution in [2.45, 2.75) is 39.2 Å². The van der Waals surface area contributed by atoms with Crippen molar-refractivity contribution < 1.29 is 14.3 Å². The molecule has 0 fully saturated rings. The average molecular weight is 543 g/mol. The van der Waals surface area contributed by atoms with Crippen molar-refractivity contribution in [2.75, 3.05) is 13.7 Å². The van der Waals surface area contributed by atoms with Gasteiger partial charge in [-0.2, -0.15) is 0 Å². The van der Waals surface area contributed by atoms with E-state index in [0.29, 0.717) is 17.0 Å². The maximum absolute atomic E-state index is 12.6. The predicted molar refractivity (Wildman–Crippen MR) is 142 cm³/mol. The molecule has 0 unspecified atom stereocenters. The van der Waals surface area contributed by atoms with Gasteiger partial charge in [-0.1, -0.05) is 31.2 Å². The first-order chi connectivity index (χ1) is 16.1. The first kappa shape index (κ1) is 24.3. The summed E-state index contributed by atoms with van der Waals surface area (Å²) in [6.45, 7) is 8.05. The Hall–Kier alpha value is -2.84. The van der Waals surface area contributed by atoms with Gasteiger partial charge in [-0.15, -0.1) is 11.3 Å². The summed E-state index contributed by atoms with van der Waals surface area (Å²) < 4.78 is 12.5. The van der Waals surface area contributed by atoms with E-state index >= 15 is 0 Å². The van der Waals surface area contributed by atoms with E-state index in [4.69, 9.17) is 9.47 Å². The van der Waals surface area contributed by atoms with Gasteiger partial charge in [0.05, 0.1) is 12.6 Å². The molecule has 1 atom stereocenters. The second-order valence-corrected chi connectivity index (χ2v) is 11.0. The number of halogens is 1. The third-order valence-electron chi connectivity index (χ3n) is 5.56. The van der Waals surface area contributed by atoms with Gasteiger partial charge in [0.1, 0.15) is 16.1 Å². The fourth-order valence-corrected chi connectivity index (χ4v) is 5.27. The summed E-state index contributed by atoms with van der Waals surface area (Å²) in [5, 5.41) is 6.61. The fourth-order valence-electron chi connectivity index (χ4n) is 3.97. The van der Waals surface area contributed by atoms with Crippen LogP contribution >= 0.6 is 27.3 Å². The molecule has 2 aromatic carbocycles. The van der Waals surface area contributed by atoms with Gasteiger partial charge in [-0.3, -0.25) is 4.79 Å². The molecule has 0 aliphatic carbocycles. The number of hydrogen-bond donors (Lipinski definition) is 2. The molecule has 0 radical (unpaired) electrons. The Morgan fingerprint density at radius 2 is 1.91 bits per heavy atom. The number of amides is 1. The van der Waals surface area contributed by atoms with Gasteiger partial charge >= 0.3 is 6.09 Å². The number of rotatable bonds is 5. The van der Waals surface area contributed by atoms with Crippen LogP contribution in [0, 0.1) is 0 Å². The molecule has 0 spiro atoms. The van der Waals surface area contributed by atoms with Crippen molar-refractivity contribution >= 4 is 54.3 Å². The molecule has 34 heavy (non-hydrogen) atoms. The van der Waals surface area contributed by atoms with Crippen molar-refractivity contribution in [1.29, 1.82) is 0 Å². The molecule has 0 saturated carbocycles. The monoisotopic (exact) mass is 542 g/mol. The molecule has 4 rings (SSSR count). The molecule has 6 nitrogen and oxygen atoms in total. The highest BCUT2D eigenvalue weighted by Crippen LogP contribution is 2.43. The average Bonchev–Trinajstić information content (AvgIpc) is 3.28. The SMILES string of the molecule is COc1cc(Br)c2[nH]c(=O)c3sccc3c2c1-c1ccc([C@@H](C)CNC(=O)OC(C)(C)C)cc1. The van der Waals surface area contributed by atoms with E-state index in [-0.39, 0.29) is 11.5 Å². The summed E-state index contributed by atoms with van der Waals surface area (Å²) >= 11 is 5.01. The van der Waals surface area contributed by atoms with Crippen molar-refractivity contribution in [3.05, 3.63) is 62.2 Å². The second-order valence-electron chi connectivity index (χ2n) is 9.21. The zero-order chi connectivity index (χ0) is 24.6. The van der Waals surface area contributed by atoms with E-state index < -0.39 is 11.7 Å². The Morgan fingerprint density at radius 1 is 1.21 bits per heavy atom. The molecule has 0 aliphatic heterocycles. The van der Waals surface area contributed by atoms with Gasteiger partial charge in [0, 0.05) is 27.4 Å². The molecular weight excluding hydrogens is 516 g/mol. The van der Waals surface area contributed by atoms with Crippen LogP contribution in [-0.4, -0.2) is 30.3 Å². The maximum atomic E-state index is 12.6. The van der Waals surface area contributed by atoms with Crippen LogP contribution in [0.3, 0.4) is 0 Å². The number of fused-ring (bicyclic) bond motifs is 3. The number of aromatic amines is 1. The first-order valence-electron chi connectivity index (χ1n) is 11.0. The van der Waals surface area contributed by atoms with Crippen LogP contribution < -0.4 is 15.6 Å². The summed E-state index contributed by atoms with van der Waals surface area (Å²) in [6.07, 6.45) is -0.421. The van der Waals surface area contributed by atoms with Crippen molar-refractivity contribution in [3.8, 4) is 16.9 Å². The lowest BCUT2D eigenvalue weighted by Crippen LogP contribution is -2.34. The van der Waals surface area contributed by atoms with Gasteiger partial charge in [-0.25, -0.2) is 4.79 Å². The minimum Gasteiger partial charge on any atom is -0.496 e. The quantitative estimate of drug-likeness (QED) is 0.290. The Kier molecular flexibility index (Phi) is 6.73. The number of carbonyl (C=O) groups is 1. The summed E-state index contributed by atoms with van der Waals surface area (Å²) in [5.41, 5.74) is 3.10. The highest BCUT2D eigenvalue weighted by molar-refractivity contribution is 9.10. The number of H-pyrrole nitrogens is 1. The molecule has 0 aliphatic rings. The smallest absolute Gasteiger partial charge is 0.407 e. The van der Waals surface area contributed by atoms with E-state index in [1.54, 1.807) is 7.11 Å². The molecule has 8 heteroatoms. The molecule has 2 heterocycles. The maximum Gasteiger partial charge on any atom is 0.407 e. The van der Waals surface area contributed by atoms with Crippen LogP contribution in [-0.2, 0) is 4.74 Å². The van der Waals surface area contributed by atoms with Crippen molar-refractivity contribution in [3.63, 3.8) is 0 Å². The lowest BCUT2D eigenvalue weighted by Gasteiger charge is -2.21. The number of benzene rings is 2. The van der Waals surface area contributed by atoms with Crippen molar-refractivity contribution in [2.24, 2.45) is 0 Å². The number of thiophene rings is 1. The van der Waals surface area contributed by atoms with E-state index in [2.05, 4.69) is 45.3 Å². The highest BCUT2D eigenvalue weighted by atomic mass is 79.9. The summed E-state index contributed by atoms with van der Waals surface area (Å²) in [4.78, 5) is 27.6. The van der Waals surface area contributed by atoms with E-state index in [1.165, 1.54) is 11.3 Å². The minimum atomic E-state index is -0.528. The number of methoxy groups -OCH3 is 1. The molecule has 2 N–H and O–H groups in total. The minimum absolute atomic E-state index is 0.101. The Labute approximate surface area is 210 Å². The molecule has 4 aromatic rings.